The second-order valence-corrected chi connectivity index (χ2v) is 9.54. The van der Waals surface area contributed by atoms with E-state index in [-0.39, 0.29) is 24.3 Å². The van der Waals surface area contributed by atoms with Gasteiger partial charge in [0.2, 0.25) is 5.91 Å². The highest BCUT2D eigenvalue weighted by atomic mass is 32.1. The fourth-order valence-corrected chi connectivity index (χ4v) is 4.87. The molecule has 1 N–H and O–H groups in total. The summed E-state index contributed by atoms with van der Waals surface area (Å²) in [5.74, 6) is -0.960. The number of piperazine rings is 1. The van der Waals surface area contributed by atoms with E-state index >= 15 is 0 Å². The summed E-state index contributed by atoms with van der Waals surface area (Å²) in [6.07, 6.45) is 0.764. The van der Waals surface area contributed by atoms with Gasteiger partial charge >= 0.3 is 0 Å². The van der Waals surface area contributed by atoms with Crippen LogP contribution in [0.3, 0.4) is 0 Å². The summed E-state index contributed by atoms with van der Waals surface area (Å²) in [6, 6.07) is 16.9. The van der Waals surface area contributed by atoms with Crippen LogP contribution in [-0.4, -0.2) is 66.8 Å². The zero-order valence-corrected chi connectivity index (χ0v) is 21.0. The van der Waals surface area contributed by atoms with Crippen LogP contribution in [0, 0.1) is 5.82 Å². The number of amides is 3. The second-order valence-electron chi connectivity index (χ2n) is 8.59. The smallest absolute Gasteiger partial charge is 0.264 e. The van der Waals surface area contributed by atoms with Crippen molar-refractivity contribution < 1.29 is 18.8 Å². The third-order valence-corrected chi connectivity index (χ3v) is 6.86. The molecule has 0 aliphatic carbocycles. The standard InChI is InChI=1S/C27H29FN4O3S/c1-2-12-32(27(35)24-7-4-17-36-24)19-25(33)29-22-8-10-23(11-9-22)30-13-15-31(16-14-30)26(34)20-5-3-6-21(28)18-20/h3-11,17-18H,2,12-16,19H2,1H3,(H,29,33). The van der Waals surface area contributed by atoms with Gasteiger partial charge in [0.25, 0.3) is 11.8 Å². The number of nitrogens with zero attached hydrogens (tertiary/aromatic N) is 3. The van der Waals surface area contributed by atoms with Crippen molar-refractivity contribution in [2.24, 2.45) is 0 Å². The van der Waals surface area contributed by atoms with Crippen molar-refractivity contribution in [3.8, 4) is 0 Å². The number of halogens is 1. The van der Waals surface area contributed by atoms with Crippen LogP contribution in [0.25, 0.3) is 0 Å². The van der Waals surface area contributed by atoms with E-state index in [1.54, 1.807) is 28.0 Å². The van der Waals surface area contributed by atoms with Gasteiger partial charge < -0.3 is 20.0 Å². The highest BCUT2D eigenvalue weighted by Crippen LogP contribution is 2.21. The number of carbonyl (C=O) groups excluding carboxylic acids is 3. The number of hydrogen-bond acceptors (Lipinski definition) is 5. The molecule has 1 aliphatic rings. The zero-order chi connectivity index (χ0) is 25.5. The number of carbonyl (C=O) groups is 3. The van der Waals surface area contributed by atoms with Gasteiger partial charge in [0, 0.05) is 49.7 Å². The van der Waals surface area contributed by atoms with E-state index in [9.17, 15) is 18.8 Å². The van der Waals surface area contributed by atoms with Crippen molar-refractivity contribution >= 4 is 40.4 Å². The predicted octanol–water partition coefficient (Wildman–Crippen LogP) is 4.34. The van der Waals surface area contributed by atoms with Crippen LogP contribution in [0.4, 0.5) is 15.8 Å². The predicted molar refractivity (Wildman–Crippen MR) is 140 cm³/mol. The summed E-state index contributed by atoms with van der Waals surface area (Å²) in [4.78, 5) is 44.0. The normalized spacial score (nSPS) is 13.4. The maximum absolute atomic E-state index is 13.5. The Balaban J connectivity index is 1.29. The average molecular weight is 509 g/mol. The maximum Gasteiger partial charge on any atom is 0.264 e. The first-order valence-corrected chi connectivity index (χ1v) is 12.8. The monoisotopic (exact) mass is 508 g/mol. The number of benzene rings is 2. The van der Waals surface area contributed by atoms with Gasteiger partial charge in [-0.05, 0) is 60.3 Å². The highest BCUT2D eigenvalue weighted by Gasteiger charge is 2.23. The van der Waals surface area contributed by atoms with E-state index in [2.05, 4.69) is 10.2 Å². The minimum Gasteiger partial charge on any atom is -0.368 e. The minimum absolute atomic E-state index is 0.00632. The van der Waals surface area contributed by atoms with Gasteiger partial charge in [0.1, 0.15) is 12.4 Å². The number of anilines is 2. The largest absolute Gasteiger partial charge is 0.368 e. The van der Waals surface area contributed by atoms with Crippen molar-refractivity contribution in [2.45, 2.75) is 13.3 Å². The number of thiophene rings is 1. The summed E-state index contributed by atoms with van der Waals surface area (Å²) in [7, 11) is 0. The Morgan fingerprint density at radius 3 is 2.39 bits per heavy atom. The van der Waals surface area contributed by atoms with Crippen molar-refractivity contribution in [1.82, 2.24) is 9.80 Å². The Hall–Kier alpha value is -3.72. The van der Waals surface area contributed by atoms with Gasteiger partial charge in [-0.3, -0.25) is 14.4 Å². The molecule has 0 radical (unpaired) electrons. The molecule has 2 aromatic carbocycles. The molecule has 3 amide bonds. The summed E-state index contributed by atoms with van der Waals surface area (Å²) >= 11 is 1.37. The molecule has 1 fully saturated rings. The van der Waals surface area contributed by atoms with Crippen molar-refractivity contribution in [3.63, 3.8) is 0 Å². The summed E-state index contributed by atoms with van der Waals surface area (Å²) < 4.78 is 13.5. The molecule has 1 aliphatic heterocycles. The number of hydrogen-bond donors (Lipinski definition) is 1. The Labute approximate surface area is 214 Å². The van der Waals surface area contributed by atoms with Gasteiger partial charge in [0.15, 0.2) is 0 Å². The molecule has 2 heterocycles. The lowest BCUT2D eigenvalue weighted by atomic mass is 10.1. The van der Waals surface area contributed by atoms with Crippen LogP contribution < -0.4 is 10.2 Å². The molecule has 1 aromatic heterocycles. The lowest BCUT2D eigenvalue weighted by molar-refractivity contribution is -0.116. The van der Waals surface area contributed by atoms with Gasteiger partial charge in [-0.1, -0.05) is 19.1 Å². The molecule has 0 unspecified atom stereocenters. The molecule has 4 rings (SSSR count). The molecule has 0 saturated carbocycles. The van der Waals surface area contributed by atoms with Crippen LogP contribution in [-0.2, 0) is 4.79 Å². The molecule has 7 nitrogen and oxygen atoms in total. The van der Waals surface area contributed by atoms with E-state index in [0.717, 1.165) is 12.1 Å². The molecule has 0 atom stereocenters. The lowest BCUT2D eigenvalue weighted by Crippen LogP contribution is -2.48. The van der Waals surface area contributed by atoms with Gasteiger partial charge in [-0.15, -0.1) is 11.3 Å². The summed E-state index contributed by atoms with van der Waals surface area (Å²) in [6.45, 7) is 4.87. The van der Waals surface area contributed by atoms with Crippen LogP contribution in [0.5, 0.6) is 0 Å². The number of rotatable bonds is 8. The molecule has 1 saturated heterocycles. The molecule has 9 heteroatoms. The Morgan fingerprint density at radius 1 is 1.00 bits per heavy atom. The topological polar surface area (TPSA) is 73.0 Å². The second kappa shape index (κ2) is 11.8. The lowest BCUT2D eigenvalue weighted by Gasteiger charge is -2.36. The van der Waals surface area contributed by atoms with Crippen molar-refractivity contribution in [1.29, 1.82) is 0 Å². The van der Waals surface area contributed by atoms with Crippen molar-refractivity contribution in [3.05, 3.63) is 82.3 Å². The van der Waals surface area contributed by atoms with Crippen LogP contribution in [0.1, 0.15) is 33.4 Å². The van der Waals surface area contributed by atoms with Gasteiger partial charge in [0.05, 0.1) is 4.88 Å². The third kappa shape index (κ3) is 6.28. The molecule has 0 bridgehead atoms. The average Bonchev–Trinajstić information content (AvgIpc) is 3.43. The fourth-order valence-electron chi connectivity index (χ4n) is 4.18. The quantitative estimate of drug-likeness (QED) is 0.491. The first-order valence-electron chi connectivity index (χ1n) is 12.0. The van der Waals surface area contributed by atoms with E-state index in [0.29, 0.717) is 48.9 Å². The summed E-state index contributed by atoms with van der Waals surface area (Å²) in [5.41, 5.74) is 2.01. The SMILES string of the molecule is CCCN(CC(=O)Nc1ccc(N2CCN(C(=O)c3cccc(F)c3)CC2)cc1)C(=O)c1cccs1. The van der Waals surface area contributed by atoms with Crippen LogP contribution in [0.15, 0.2) is 66.0 Å². The third-order valence-electron chi connectivity index (χ3n) is 6.00. The van der Waals surface area contributed by atoms with Gasteiger partial charge in [-0.2, -0.15) is 0 Å². The Kier molecular flexibility index (Phi) is 8.32. The first kappa shape index (κ1) is 25.4. The van der Waals surface area contributed by atoms with E-state index in [1.807, 2.05) is 42.6 Å². The molecular formula is C27H29FN4O3S. The first-order chi connectivity index (χ1) is 17.4. The number of nitrogens with one attached hydrogen (secondary N) is 1. The zero-order valence-electron chi connectivity index (χ0n) is 20.2. The Bertz CT molecular complexity index is 1190. The van der Waals surface area contributed by atoms with E-state index in [4.69, 9.17) is 0 Å². The Morgan fingerprint density at radius 2 is 1.75 bits per heavy atom. The minimum atomic E-state index is -0.418. The maximum atomic E-state index is 13.5. The van der Waals surface area contributed by atoms with Crippen LogP contribution in [0.2, 0.25) is 0 Å². The molecule has 36 heavy (non-hydrogen) atoms. The molecule has 0 spiro atoms. The molecular weight excluding hydrogens is 479 g/mol. The molecule has 188 valence electrons. The fraction of sp³-hybridized carbons (Fsp3) is 0.296. The van der Waals surface area contributed by atoms with Crippen LogP contribution >= 0.6 is 11.3 Å². The highest BCUT2D eigenvalue weighted by molar-refractivity contribution is 7.12. The summed E-state index contributed by atoms with van der Waals surface area (Å²) in [5, 5.41) is 4.72. The molecule has 3 aromatic rings. The van der Waals surface area contributed by atoms with Gasteiger partial charge in [-0.25, -0.2) is 4.39 Å². The van der Waals surface area contributed by atoms with Crippen molar-refractivity contribution in [2.75, 3.05) is 49.5 Å². The van der Waals surface area contributed by atoms with E-state index < -0.39 is 5.82 Å². The van der Waals surface area contributed by atoms with E-state index in [1.165, 1.54) is 23.5 Å².